The molecular weight excluding hydrogens is 265 g/mol. The van der Waals surface area contributed by atoms with Gasteiger partial charge in [-0.2, -0.15) is 0 Å². The van der Waals surface area contributed by atoms with Gasteiger partial charge in [-0.3, -0.25) is 0 Å². The minimum atomic E-state index is -2.87. The van der Waals surface area contributed by atoms with Gasteiger partial charge in [0.25, 0.3) is 19.3 Å². The summed E-state index contributed by atoms with van der Waals surface area (Å²) in [4.78, 5) is 0. The van der Waals surface area contributed by atoms with E-state index in [0.717, 1.165) is 0 Å². The lowest BCUT2D eigenvalue weighted by atomic mass is 10.8. The second-order valence-electron chi connectivity index (χ2n) is 2.28. The fourth-order valence-corrected chi connectivity index (χ4v) is 1.39. The summed E-state index contributed by atoms with van der Waals surface area (Å²) in [5, 5.41) is 0. The Bertz CT molecular complexity index is 144. The Kier molecular flexibility index (Phi) is 8.91. The van der Waals surface area contributed by atoms with Crippen LogP contribution in [0.4, 0.5) is 26.3 Å². The van der Waals surface area contributed by atoms with Crippen LogP contribution in [0, 0.1) is 0 Å². The molecule has 0 aliphatic carbocycles. The fraction of sp³-hybridized carbons (Fsp3) is 1.00. The second-order valence-corrected chi connectivity index (χ2v) is 3.51. The van der Waals surface area contributed by atoms with E-state index in [9.17, 15) is 26.3 Å². The molecule has 98 valence electrons. The molecule has 0 aliphatic rings. The zero-order chi connectivity index (χ0) is 12.6. The highest BCUT2D eigenvalue weighted by Crippen LogP contribution is 2.40. The van der Waals surface area contributed by atoms with Crippen molar-refractivity contribution < 1.29 is 39.9 Å². The van der Waals surface area contributed by atoms with Gasteiger partial charge in [0, 0.05) is 0 Å². The Labute approximate surface area is 88.7 Å². The lowest BCUT2D eigenvalue weighted by Crippen LogP contribution is -2.10. The van der Waals surface area contributed by atoms with Gasteiger partial charge in [-0.1, -0.05) is 0 Å². The van der Waals surface area contributed by atoms with Gasteiger partial charge in [0.1, 0.15) is 19.8 Å². The number of hydrogen-bond acceptors (Lipinski definition) is 3. The smallest absolute Gasteiger partial charge is 0.306 e. The van der Waals surface area contributed by atoms with E-state index in [4.69, 9.17) is 0 Å². The van der Waals surface area contributed by atoms with Crippen molar-refractivity contribution in [2.45, 2.75) is 19.3 Å². The molecule has 3 nitrogen and oxygen atoms in total. The summed E-state index contributed by atoms with van der Waals surface area (Å²) in [7, 11) is -2.60. The van der Waals surface area contributed by atoms with E-state index >= 15 is 0 Å². The summed E-state index contributed by atoms with van der Waals surface area (Å²) in [5.74, 6) is 0. The summed E-state index contributed by atoms with van der Waals surface area (Å²) in [6.07, 6.45) is -8.60. The van der Waals surface area contributed by atoms with Gasteiger partial charge in [0.2, 0.25) is 0 Å². The molecule has 0 rings (SSSR count). The molecule has 0 atom stereocenters. The molecule has 0 saturated carbocycles. The van der Waals surface area contributed by atoms with Crippen molar-refractivity contribution >= 4 is 8.60 Å². The molecule has 0 bridgehead atoms. The fourth-order valence-electron chi connectivity index (χ4n) is 0.463. The predicted molar refractivity (Wildman–Crippen MR) is 42.8 cm³/mol. The SMILES string of the molecule is FC(F)COP(OCC(F)F)OCC(F)F. The van der Waals surface area contributed by atoms with Crippen LogP contribution in [0.3, 0.4) is 0 Å². The van der Waals surface area contributed by atoms with Crippen molar-refractivity contribution in [2.75, 3.05) is 19.8 Å². The summed E-state index contributed by atoms with van der Waals surface area (Å²) in [6.45, 7) is -3.38. The molecule has 0 aliphatic heterocycles. The molecule has 0 spiro atoms. The Hall–Kier alpha value is -0.110. The first kappa shape index (κ1) is 15.9. The lowest BCUT2D eigenvalue weighted by molar-refractivity contribution is 0.0209. The first-order chi connectivity index (χ1) is 7.41. The van der Waals surface area contributed by atoms with Crippen LogP contribution in [0.1, 0.15) is 0 Å². The molecule has 0 unspecified atom stereocenters. The van der Waals surface area contributed by atoms with Crippen molar-refractivity contribution in [3.05, 3.63) is 0 Å². The number of hydrogen-bond donors (Lipinski definition) is 0. The highest BCUT2D eigenvalue weighted by molar-refractivity contribution is 7.41. The van der Waals surface area contributed by atoms with Crippen molar-refractivity contribution in [2.24, 2.45) is 0 Å². The Morgan fingerprint density at radius 2 is 0.875 bits per heavy atom. The molecule has 10 heteroatoms. The topological polar surface area (TPSA) is 27.7 Å². The summed E-state index contributed by atoms with van der Waals surface area (Å²) < 4.78 is 82.6. The Morgan fingerprint density at radius 1 is 0.625 bits per heavy atom. The third-order valence-corrected chi connectivity index (χ3v) is 2.00. The normalized spacial score (nSPS) is 12.4. The second kappa shape index (κ2) is 8.98. The summed E-state index contributed by atoms with van der Waals surface area (Å²) >= 11 is 0. The third kappa shape index (κ3) is 10.4. The van der Waals surface area contributed by atoms with Crippen molar-refractivity contribution in [1.29, 1.82) is 0 Å². The number of rotatable bonds is 9. The number of halogens is 6. The molecule has 0 radical (unpaired) electrons. The molecule has 16 heavy (non-hydrogen) atoms. The summed E-state index contributed by atoms with van der Waals surface area (Å²) in [6, 6.07) is 0. The van der Waals surface area contributed by atoms with Crippen LogP contribution in [0.15, 0.2) is 0 Å². The van der Waals surface area contributed by atoms with E-state index in [1.54, 1.807) is 0 Å². The zero-order valence-corrected chi connectivity index (χ0v) is 8.69. The average Bonchev–Trinajstić information content (AvgIpc) is 2.15. The third-order valence-electron chi connectivity index (χ3n) is 0.918. The van der Waals surface area contributed by atoms with Crippen molar-refractivity contribution in [3.63, 3.8) is 0 Å². The van der Waals surface area contributed by atoms with E-state index in [0.29, 0.717) is 0 Å². The van der Waals surface area contributed by atoms with E-state index in [-0.39, 0.29) is 0 Å². The Balaban J connectivity index is 3.85. The highest BCUT2D eigenvalue weighted by atomic mass is 31.2. The summed E-state index contributed by atoms with van der Waals surface area (Å²) in [5.41, 5.74) is 0. The monoisotopic (exact) mass is 274 g/mol. The van der Waals surface area contributed by atoms with Crippen LogP contribution in [0.2, 0.25) is 0 Å². The highest BCUT2D eigenvalue weighted by Gasteiger charge is 2.19. The van der Waals surface area contributed by atoms with Crippen LogP contribution >= 0.6 is 8.60 Å². The molecule has 0 aromatic rings. The van der Waals surface area contributed by atoms with Gasteiger partial charge in [0.15, 0.2) is 0 Å². The van der Waals surface area contributed by atoms with Gasteiger partial charge in [-0.05, 0) is 0 Å². The maximum absolute atomic E-state index is 11.7. The molecule has 0 N–H and O–H groups in total. The largest absolute Gasteiger partial charge is 0.333 e. The maximum Gasteiger partial charge on any atom is 0.333 e. The van der Waals surface area contributed by atoms with E-state index in [1.165, 1.54) is 0 Å². The van der Waals surface area contributed by atoms with E-state index in [2.05, 4.69) is 13.6 Å². The molecule has 0 saturated heterocycles. The molecule has 0 heterocycles. The average molecular weight is 274 g/mol. The zero-order valence-electron chi connectivity index (χ0n) is 7.79. The van der Waals surface area contributed by atoms with Crippen molar-refractivity contribution in [1.82, 2.24) is 0 Å². The maximum atomic E-state index is 11.7. The van der Waals surface area contributed by atoms with Gasteiger partial charge in [0.05, 0.1) is 0 Å². The molecule has 0 aromatic carbocycles. The minimum absolute atomic E-state index is 1.13. The van der Waals surface area contributed by atoms with E-state index in [1.807, 2.05) is 0 Å². The predicted octanol–water partition coefficient (Wildman–Crippen LogP) is 3.06. The molecular formula is C6H9F6O3P. The van der Waals surface area contributed by atoms with Crippen molar-refractivity contribution in [3.8, 4) is 0 Å². The van der Waals surface area contributed by atoms with Crippen LogP contribution in [-0.4, -0.2) is 39.1 Å². The molecule has 0 amide bonds. The minimum Gasteiger partial charge on any atom is -0.306 e. The van der Waals surface area contributed by atoms with Gasteiger partial charge >= 0.3 is 8.60 Å². The van der Waals surface area contributed by atoms with E-state index < -0.39 is 47.7 Å². The van der Waals surface area contributed by atoms with Gasteiger partial charge in [-0.15, -0.1) is 0 Å². The first-order valence-electron chi connectivity index (χ1n) is 3.95. The molecule has 0 fully saturated rings. The number of alkyl halides is 6. The Morgan fingerprint density at radius 3 is 1.06 bits per heavy atom. The first-order valence-corrected chi connectivity index (χ1v) is 5.04. The van der Waals surface area contributed by atoms with Crippen LogP contribution in [-0.2, 0) is 13.6 Å². The van der Waals surface area contributed by atoms with Crippen LogP contribution in [0.5, 0.6) is 0 Å². The lowest BCUT2D eigenvalue weighted by Gasteiger charge is -2.15. The van der Waals surface area contributed by atoms with Crippen LogP contribution < -0.4 is 0 Å². The standard InChI is InChI=1S/C6H9F6O3P/c7-4(8)1-13-16(14-2-5(9)10)15-3-6(11)12/h4-6H,1-3H2. The van der Waals surface area contributed by atoms with Crippen LogP contribution in [0.25, 0.3) is 0 Å². The van der Waals surface area contributed by atoms with Gasteiger partial charge < -0.3 is 13.6 Å². The van der Waals surface area contributed by atoms with Gasteiger partial charge in [-0.25, -0.2) is 26.3 Å². The molecule has 0 aromatic heterocycles. The quantitative estimate of drug-likeness (QED) is 0.477.